The highest BCUT2D eigenvalue weighted by atomic mass is 15.4. The summed E-state index contributed by atoms with van der Waals surface area (Å²) < 4.78 is 0. The molecule has 0 atom stereocenters. The van der Waals surface area contributed by atoms with Crippen LogP contribution in [0.4, 0.5) is 0 Å². The number of nitrogens with two attached hydrogens (primary N) is 1. The normalized spacial score (nSPS) is 12.5. The van der Waals surface area contributed by atoms with E-state index in [-0.39, 0.29) is 5.54 Å². The lowest BCUT2D eigenvalue weighted by Crippen LogP contribution is -2.48. The average molecular weight is 158 g/mol. The van der Waals surface area contributed by atoms with Gasteiger partial charge in [0.1, 0.15) is 0 Å². The van der Waals surface area contributed by atoms with Gasteiger partial charge in [-0.25, -0.2) is 5.01 Å². The van der Waals surface area contributed by atoms with Gasteiger partial charge in [0.2, 0.25) is 0 Å². The molecule has 0 amide bonds. The van der Waals surface area contributed by atoms with E-state index in [9.17, 15) is 0 Å². The van der Waals surface area contributed by atoms with Gasteiger partial charge in [-0.05, 0) is 19.8 Å². The minimum absolute atomic E-state index is 0.212. The minimum atomic E-state index is 0.212. The smallest absolute Gasteiger partial charge is 0.0320 e. The Morgan fingerprint density at radius 2 is 1.55 bits per heavy atom. The summed E-state index contributed by atoms with van der Waals surface area (Å²) >= 11 is 0. The van der Waals surface area contributed by atoms with Crippen molar-refractivity contribution < 1.29 is 0 Å². The van der Waals surface area contributed by atoms with E-state index in [4.69, 9.17) is 5.84 Å². The van der Waals surface area contributed by atoms with Gasteiger partial charge < -0.3 is 0 Å². The second-order valence-corrected chi connectivity index (χ2v) is 3.61. The predicted octanol–water partition coefficient (Wildman–Crippen LogP) is 2.15. The quantitative estimate of drug-likeness (QED) is 0.490. The first-order chi connectivity index (χ1) is 5.06. The highest BCUT2D eigenvalue weighted by Crippen LogP contribution is 2.22. The fourth-order valence-corrected chi connectivity index (χ4v) is 1.55. The molecule has 2 heteroatoms. The molecule has 0 fully saturated rings. The Bertz CT molecular complexity index is 93.7. The van der Waals surface area contributed by atoms with Crippen LogP contribution in [0.15, 0.2) is 0 Å². The maximum atomic E-state index is 5.78. The van der Waals surface area contributed by atoms with Gasteiger partial charge >= 0.3 is 0 Å². The lowest BCUT2D eigenvalue weighted by atomic mass is 9.90. The second kappa shape index (κ2) is 4.73. The first-order valence-corrected chi connectivity index (χ1v) is 4.55. The molecule has 11 heavy (non-hydrogen) atoms. The molecule has 0 unspecified atom stereocenters. The number of hydrazine groups is 1. The maximum absolute atomic E-state index is 5.78. The lowest BCUT2D eigenvalue weighted by molar-refractivity contribution is 0.115. The van der Waals surface area contributed by atoms with Gasteiger partial charge in [-0.1, -0.05) is 26.7 Å². The molecule has 68 valence electrons. The lowest BCUT2D eigenvalue weighted by Gasteiger charge is -2.35. The molecule has 0 saturated heterocycles. The molecule has 0 aliphatic heterocycles. The minimum Gasteiger partial charge on any atom is -0.269 e. The zero-order valence-corrected chi connectivity index (χ0v) is 8.35. The van der Waals surface area contributed by atoms with Crippen LogP contribution in [-0.4, -0.2) is 17.6 Å². The largest absolute Gasteiger partial charge is 0.269 e. The standard InChI is InChI=1S/C9H22N2/c1-5-7-9(3,8-6-2)11(4)10/h5-8,10H2,1-4H3. The molecule has 0 aromatic rings. The van der Waals surface area contributed by atoms with Crippen molar-refractivity contribution in [3.8, 4) is 0 Å². The molecular formula is C9H22N2. The summed E-state index contributed by atoms with van der Waals surface area (Å²) in [6, 6.07) is 0. The zero-order valence-electron chi connectivity index (χ0n) is 8.35. The number of nitrogens with zero attached hydrogens (tertiary/aromatic N) is 1. The van der Waals surface area contributed by atoms with E-state index >= 15 is 0 Å². The topological polar surface area (TPSA) is 29.3 Å². The van der Waals surface area contributed by atoms with Crippen molar-refractivity contribution in [3.05, 3.63) is 0 Å². The van der Waals surface area contributed by atoms with Crippen LogP contribution in [0.25, 0.3) is 0 Å². The summed E-state index contributed by atoms with van der Waals surface area (Å²) in [5.41, 5.74) is 0.212. The van der Waals surface area contributed by atoms with Crippen LogP contribution in [-0.2, 0) is 0 Å². The first-order valence-electron chi connectivity index (χ1n) is 4.55. The van der Waals surface area contributed by atoms with Crippen LogP contribution in [0.5, 0.6) is 0 Å². The van der Waals surface area contributed by atoms with Crippen molar-refractivity contribution in [1.29, 1.82) is 0 Å². The molecule has 0 spiro atoms. The van der Waals surface area contributed by atoms with Crippen molar-refractivity contribution in [3.63, 3.8) is 0 Å². The zero-order chi connectivity index (χ0) is 8.91. The molecule has 0 aliphatic carbocycles. The van der Waals surface area contributed by atoms with Crippen LogP contribution in [0.3, 0.4) is 0 Å². The highest BCUT2D eigenvalue weighted by molar-refractivity contribution is 4.80. The van der Waals surface area contributed by atoms with Gasteiger partial charge in [-0.2, -0.15) is 0 Å². The van der Waals surface area contributed by atoms with E-state index < -0.39 is 0 Å². The Morgan fingerprint density at radius 1 is 1.18 bits per heavy atom. The molecule has 0 aromatic carbocycles. The molecule has 0 saturated carbocycles. The number of hydrogen-bond acceptors (Lipinski definition) is 2. The van der Waals surface area contributed by atoms with E-state index in [1.807, 2.05) is 12.1 Å². The maximum Gasteiger partial charge on any atom is 0.0320 e. The summed E-state index contributed by atoms with van der Waals surface area (Å²) in [6.45, 7) is 6.65. The molecule has 0 aromatic heterocycles. The summed E-state index contributed by atoms with van der Waals surface area (Å²) in [5.74, 6) is 5.78. The summed E-state index contributed by atoms with van der Waals surface area (Å²) in [6.07, 6.45) is 4.79. The van der Waals surface area contributed by atoms with Crippen molar-refractivity contribution in [2.45, 2.75) is 52.0 Å². The fraction of sp³-hybridized carbons (Fsp3) is 1.00. The van der Waals surface area contributed by atoms with Crippen molar-refractivity contribution in [2.75, 3.05) is 7.05 Å². The van der Waals surface area contributed by atoms with Crippen LogP contribution in [0.2, 0.25) is 0 Å². The van der Waals surface area contributed by atoms with Gasteiger partial charge in [0.15, 0.2) is 0 Å². The van der Waals surface area contributed by atoms with E-state index in [1.54, 1.807) is 0 Å². The van der Waals surface area contributed by atoms with Crippen molar-refractivity contribution in [1.82, 2.24) is 5.01 Å². The Hall–Kier alpha value is -0.0800. The van der Waals surface area contributed by atoms with Gasteiger partial charge in [-0.3, -0.25) is 5.84 Å². The van der Waals surface area contributed by atoms with E-state index in [0.717, 1.165) is 0 Å². The molecule has 0 heterocycles. The highest BCUT2D eigenvalue weighted by Gasteiger charge is 2.24. The summed E-state index contributed by atoms with van der Waals surface area (Å²) in [7, 11) is 1.96. The monoisotopic (exact) mass is 158 g/mol. The summed E-state index contributed by atoms with van der Waals surface area (Å²) in [5, 5.41) is 1.86. The Balaban J connectivity index is 4.01. The summed E-state index contributed by atoms with van der Waals surface area (Å²) in [4.78, 5) is 0. The van der Waals surface area contributed by atoms with Gasteiger partial charge in [0.25, 0.3) is 0 Å². The third kappa shape index (κ3) is 3.21. The van der Waals surface area contributed by atoms with Gasteiger partial charge in [0.05, 0.1) is 0 Å². The van der Waals surface area contributed by atoms with Crippen LogP contribution < -0.4 is 5.84 Å². The van der Waals surface area contributed by atoms with E-state index in [2.05, 4.69) is 20.8 Å². The molecule has 0 bridgehead atoms. The van der Waals surface area contributed by atoms with Crippen LogP contribution in [0.1, 0.15) is 46.5 Å². The Morgan fingerprint density at radius 3 is 1.73 bits per heavy atom. The van der Waals surface area contributed by atoms with E-state index in [0.29, 0.717) is 0 Å². The molecular weight excluding hydrogens is 136 g/mol. The first kappa shape index (κ1) is 10.9. The number of hydrogen-bond donors (Lipinski definition) is 1. The van der Waals surface area contributed by atoms with Crippen LogP contribution >= 0.6 is 0 Å². The molecule has 0 radical (unpaired) electrons. The molecule has 0 aliphatic rings. The van der Waals surface area contributed by atoms with Gasteiger partial charge in [-0.15, -0.1) is 0 Å². The Kier molecular flexibility index (Phi) is 4.69. The fourth-order valence-electron chi connectivity index (χ4n) is 1.55. The number of rotatable bonds is 5. The molecule has 2 nitrogen and oxygen atoms in total. The van der Waals surface area contributed by atoms with E-state index in [1.165, 1.54) is 25.7 Å². The van der Waals surface area contributed by atoms with Crippen molar-refractivity contribution >= 4 is 0 Å². The van der Waals surface area contributed by atoms with Crippen molar-refractivity contribution in [2.24, 2.45) is 5.84 Å². The molecule has 2 N–H and O–H groups in total. The second-order valence-electron chi connectivity index (χ2n) is 3.61. The third-order valence-electron chi connectivity index (χ3n) is 2.43. The van der Waals surface area contributed by atoms with Gasteiger partial charge in [0, 0.05) is 12.6 Å². The Labute approximate surface area is 70.7 Å². The predicted molar refractivity (Wildman–Crippen MR) is 50.2 cm³/mol. The van der Waals surface area contributed by atoms with Crippen LogP contribution in [0, 0.1) is 0 Å². The average Bonchev–Trinajstić information content (AvgIpc) is 1.88. The SMILES string of the molecule is CCCC(C)(CCC)N(C)N. The molecule has 0 rings (SSSR count). The third-order valence-corrected chi connectivity index (χ3v) is 2.43.